The molecule has 4 nitrogen and oxygen atoms in total. The van der Waals surface area contributed by atoms with Crippen LogP contribution in [-0.2, 0) is 24.9 Å². The molecular formula is C20H36NO3S+. The van der Waals surface area contributed by atoms with Gasteiger partial charge in [0.05, 0.1) is 0 Å². The number of carbonyl (C=O) groups excluding carboxylic acids is 1. The van der Waals surface area contributed by atoms with Gasteiger partial charge in [-0.3, -0.25) is 9.79 Å². The third kappa shape index (κ3) is 8.91. The van der Waals surface area contributed by atoms with Crippen LogP contribution < -0.4 is 0 Å². The maximum absolute atomic E-state index is 11.7. The summed E-state index contributed by atoms with van der Waals surface area (Å²) in [5.41, 5.74) is -0.363. The SMILES string of the molecule is C[S+](OCC1(CC=NCC(=O)OC(C)(C)C)CC=CCC1)C(C)(C)C. The van der Waals surface area contributed by atoms with E-state index in [-0.39, 0.29) is 33.9 Å². The molecule has 1 rings (SSSR count). The summed E-state index contributed by atoms with van der Waals surface area (Å²) in [5, 5.41) is 0. The number of carbonyl (C=O) groups is 1. The van der Waals surface area contributed by atoms with Crippen LogP contribution in [0, 0.1) is 5.41 Å². The van der Waals surface area contributed by atoms with E-state index in [2.05, 4.69) is 44.2 Å². The average Bonchev–Trinajstić information content (AvgIpc) is 2.48. The van der Waals surface area contributed by atoms with Crippen LogP contribution >= 0.6 is 0 Å². The van der Waals surface area contributed by atoms with E-state index in [1.54, 1.807) is 0 Å². The summed E-state index contributed by atoms with van der Waals surface area (Å²) in [6.07, 6.45) is 12.6. The fourth-order valence-corrected chi connectivity index (χ4v) is 3.26. The molecule has 25 heavy (non-hydrogen) atoms. The molecule has 0 N–H and O–H groups in total. The van der Waals surface area contributed by atoms with Crippen molar-refractivity contribution >= 4 is 23.4 Å². The van der Waals surface area contributed by atoms with Crippen molar-refractivity contribution in [3.05, 3.63) is 12.2 Å². The maximum Gasteiger partial charge on any atom is 0.328 e. The summed E-state index contributed by atoms with van der Waals surface area (Å²) in [7, 11) is 0. The van der Waals surface area contributed by atoms with Crippen LogP contribution in [0.4, 0.5) is 0 Å². The topological polar surface area (TPSA) is 47.9 Å². The molecular weight excluding hydrogens is 334 g/mol. The highest BCUT2D eigenvalue weighted by Gasteiger charge is 2.37. The summed E-state index contributed by atoms with van der Waals surface area (Å²) >= 11 is -0.0837. The first-order valence-corrected chi connectivity index (χ1v) is 10.6. The summed E-state index contributed by atoms with van der Waals surface area (Å²) < 4.78 is 11.7. The monoisotopic (exact) mass is 370 g/mol. The predicted molar refractivity (Wildman–Crippen MR) is 108 cm³/mol. The third-order valence-corrected chi connectivity index (χ3v) is 6.45. The Labute approximate surface area is 157 Å². The smallest absolute Gasteiger partial charge is 0.328 e. The number of allylic oxidation sites excluding steroid dienone is 2. The van der Waals surface area contributed by atoms with Gasteiger partial charge in [0, 0.05) is 11.6 Å². The first kappa shape index (κ1) is 22.2. The minimum atomic E-state index is -0.458. The van der Waals surface area contributed by atoms with Crippen LogP contribution in [0.25, 0.3) is 0 Å². The van der Waals surface area contributed by atoms with Gasteiger partial charge in [0.15, 0.2) is 4.75 Å². The fourth-order valence-electron chi connectivity index (χ4n) is 2.48. The molecule has 0 amide bonds. The van der Waals surface area contributed by atoms with Crippen LogP contribution in [0.1, 0.15) is 67.2 Å². The van der Waals surface area contributed by atoms with Crippen molar-refractivity contribution in [1.29, 1.82) is 0 Å². The summed E-state index contributed by atoms with van der Waals surface area (Å²) in [6, 6.07) is 0. The van der Waals surface area contributed by atoms with Gasteiger partial charge in [-0.2, -0.15) is 4.18 Å². The second-order valence-electron chi connectivity index (χ2n) is 8.86. The molecule has 0 saturated heterocycles. The van der Waals surface area contributed by atoms with Gasteiger partial charge in [0.2, 0.25) is 0 Å². The van der Waals surface area contributed by atoms with Gasteiger partial charge in [-0.1, -0.05) is 12.2 Å². The highest BCUT2D eigenvalue weighted by atomic mass is 32.2. The molecule has 1 aliphatic carbocycles. The van der Waals surface area contributed by atoms with Crippen LogP contribution in [0.5, 0.6) is 0 Å². The number of ether oxygens (including phenoxy) is 1. The Kier molecular flexibility index (Phi) is 8.20. The number of aliphatic imine (C=N–C) groups is 1. The molecule has 0 heterocycles. The molecule has 0 saturated carbocycles. The van der Waals surface area contributed by atoms with E-state index in [1.165, 1.54) is 0 Å². The number of nitrogens with zero attached hydrogens (tertiary/aromatic N) is 1. The molecule has 2 unspecified atom stereocenters. The molecule has 0 aliphatic heterocycles. The molecule has 5 heteroatoms. The second kappa shape index (κ2) is 9.22. The second-order valence-corrected chi connectivity index (χ2v) is 11.2. The Morgan fingerprint density at radius 2 is 1.92 bits per heavy atom. The Balaban J connectivity index is 2.57. The van der Waals surface area contributed by atoms with E-state index in [4.69, 9.17) is 8.92 Å². The van der Waals surface area contributed by atoms with E-state index >= 15 is 0 Å². The highest BCUT2D eigenvalue weighted by Crippen LogP contribution is 2.37. The van der Waals surface area contributed by atoms with Gasteiger partial charge in [0.25, 0.3) is 0 Å². The lowest BCUT2D eigenvalue weighted by Gasteiger charge is -2.33. The lowest BCUT2D eigenvalue weighted by atomic mass is 9.75. The van der Waals surface area contributed by atoms with Crippen LogP contribution in [-0.4, -0.2) is 41.9 Å². The van der Waals surface area contributed by atoms with Crippen molar-refractivity contribution < 1.29 is 13.7 Å². The van der Waals surface area contributed by atoms with Crippen LogP contribution in [0.2, 0.25) is 0 Å². The molecule has 0 aromatic rings. The van der Waals surface area contributed by atoms with E-state index in [1.807, 2.05) is 27.0 Å². The van der Waals surface area contributed by atoms with Gasteiger partial charge in [-0.25, -0.2) is 0 Å². The van der Waals surface area contributed by atoms with Gasteiger partial charge in [-0.05, 0) is 67.2 Å². The van der Waals surface area contributed by atoms with E-state index < -0.39 is 5.60 Å². The van der Waals surface area contributed by atoms with Gasteiger partial charge in [-0.15, -0.1) is 0 Å². The van der Waals surface area contributed by atoms with Crippen molar-refractivity contribution in [3.8, 4) is 0 Å². The average molecular weight is 371 g/mol. The highest BCUT2D eigenvalue weighted by molar-refractivity contribution is 7.93. The molecule has 0 aromatic heterocycles. The largest absolute Gasteiger partial charge is 0.459 e. The van der Waals surface area contributed by atoms with Crippen molar-refractivity contribution in [1.82, 2.24) is 0 Å². The van der Waals surface area contributed by atoms with Gasteiger partial charge >= 0.3 is 5.97 Å². The van der Waals surface area contributed by atoms with Crippen molar-refractivity contribution in [2.75, 3.05) is 19.4 Å². The van der Waals surface area contributed by atoms with Crippen LogP contribution in [0.3, 0.4) is 0 Å². The number of hydrogen-bond acceptors (Lipinski definition) is 4. The number of hydrogen-bond donors (Lipinski definition) is 0. The lowest BCUT2D eigenvalue weighted by molar-refractivity contribution is -0.152. The zero-order valence-corrected chi connectivity index (χ0v) is 17.9. The Hall–Kier alpha value is -0.810. The molecule has 0 radical (unpaired) electrons. The minimum absolute atomic E-state index is 0.0837. The quantitative estimate of drug-likeness (QED) is 0.287. The summed E-state index contributed by atoms with van der Waals surface area (Å²) in [5.74, 6) is -0.277. The van der Waals surface area contributed by atoms with Gasteiger partial charge in [0.1, 0.15) is 36.2 Å². The fraction of sp³-hybridized carbons (Fsp3) is 0.800. The molecule has 0 aromatic carbocycles. The van der Waals surface area contributed by atoms with Gasteiger partial charge < -0.3 is 4.74 Å². The molecule has 0 bridgehead atoms. The Morgan fingerprint density at radius 3 is 2.44 bits per heavy atom. The minimum Gasteiger partial charge on any atom is -0.459 e. The summed E-state index contributed by atoms with van der Waals surface area (Å²) in [4.78, 5) is 16.0. The molecule has 1 aliphatic rings. The first-order chi connectivity index (χ1) is 11.4. The van der Waals surface area contributed by atoms with Crippen molar-refractivity contribution in [2.45, 2.75) is 77.6 Å². The maximum atomic E-state index is 11.7. The third-order valence-electron chi connectivity index (χ3n) is 4.26. The predicted octanol–water partition coefficient (Wildman–Crippen LogP) is 4.49. The van der Waals surface area contributed by atoms with Crippen molar-refractivity contribution in [3.63, 3.8) is 0 Å². The standard InChI is InChI=1S/C20H36NO3S/c1-18(2,3)24-17(22)15-21-14-13-20(11-9-8-10-12-20)16-23-25(7)19(4,5)6/h8-9,14H,10-13,15-16H2,1-7H3/q+1. The zero-order valence-electron chi connectivity index (χ0n) is 17.1. The lowest BCUT2D eigenvalue weighted by Crippen LogP contribution is -2.35. The van der Waals surface area contributed by atoms with Crippen molar-refractivity contribution in [2.24, 2.45) is 10.4 Å². The molecule has 2 atom stereocenters. The normalized spacial score (nSPS) is 23.0. The molecule has 0 spiro atoms. The zero-order chi connectivity index (χ0) is 19.1. The molecule has 0 fully saturated rings. The number of esters is 1. The molecule has 144 valence electrons. The van der Waals surface area contributed by atoms with E-state index in [9.17, 15) is 4.79 Å². The van der Waals surface area contributed by atoms with E-state index in [0.717, 1.165) is 32.3 Å². The Bertz CT molecular complexity index is 488. The van der Waals surface area contributed by atoms with Crippen LogP contribution in [0.15, 0.2) is 17.1 Å². The number of rotatable bonds is 7. The van der Waals surface area contributed by atoms with E-state index in [0.29, 0.717) is 0 Å². The first-order valence-electron chi connectivity index (χ1n) is 9.08. The summed E-state index contributed by atoms with van der Waals surface area (Å²) in [6.45, 7) is 13.1. The Morgan fingerprint density at radius 1 is 1.24 bits per heavy atom.